The van der Waals surface area contributed by atoms with Gasteiger partial charge < -0.3 is 24.3 Å². The zero-order valence-electron chi connectivity index (χ0n) is 11.1. The van der Waals surface area contributed by atoms with Gasteiger partial charge in [-0.1, -0.05) is 6.07 Å². The number of nitrogens with one attached hydrogen (secondary N) is 1. The van der Waals surface area contributed by atoms with Crippen LogP contribution in [0.2, 0.25) is 0 Å². The Labute approximate surface area is 116 Å². The number of aryl methyl sites for hydroxylation is 1. The van der Waals surface area contributed by atoms with Crippen LogP contribution in [0.15, 0.2) is 28.8 Å². The summed E-state index contributed by atoms with van der Waals surface area (Å²) in [5.74, 6) is 2.77. The molecular weight excluding hydrogens is 260 g/mol. The molecule has 0 bridgehead atoms. The summed E-state index contributed by atoms with van der Waals surface area (Å²) in [4.78, 5) is 4.09. The maximum atomic E-state index is 10.1. The van der Waals surface area contributed by atoms with E-state index < -0.39 is 6.10 Å². The number of oxazole rings is 1. The Morgan fingerprint density at radius 3 is 3.00 bits per heavy atom. The molecule has 0 radical (unpaired) electrons. The third kappa shape index (κ3) is 2.76. The van der Waals surface area contributed by atoms with Crippen LogP contribution in [0.1, 0.15) is 23.3 Å². The summed E-state index contributed by atoms with van der Waals surface area (Å²) >= 11 is 0. The Hall–Kier alpha value is -2.05. The monoisotopic (exact) mass is 276 g/mol. The summed E-state index contributed by atoms with van der Waals surface area (Å²) in [6.07, 6.45) is 1.05. The van der Waals surface area contributed by atoms with E-state index in [1.807, 2.05) is 13.0 Å². The van der Waals surface area contributed by atoms with Gasteiger partial charge in [-0.2, -0.15) is 0 Å². The summed E-state index contributed by atoms with van der Waals surface area (Å²) in [5.41, 5.74) is 0.783. The Morgan fingerprint density at radius 2 is 2.20 bits per heavy atom. The van der Waals surface area contributed by atoms with Gasteiger partial charge in [0.15, 0.2) is 11.5 Å². The molecule has 0 spiro atoms. The molecule has 2 N–H and O–H groups in total. The Morgan fingerprint density at radius 1 is 1.35 bits per heavy atom. The average Bonchev–Trinajstić information content (AvgIpc) is 3.06. The van der Waals surface area contributed by atoms with E-state index in [2.05, 4.69) is 10.3 Å². The first kappa shape index (κ1) is 13.0. The van der Waals surface area contributed by atoms with Crippen molar-refractivity contribution in [2.24, 2.45) is 0 Å². The number of aliphatic hydroxyl groups is 1. The highest BCUT2D eigenvalue weighted by Gasteiger charge is 2.16. The van der Waals surface area contributed by atoms with Crippen LogP contribution >= 0.6 is 0 Å². The Bertz CT molecular complexity index is 597. The molecule has 0 fully saturated rings. The largest absolute Gasteiger partial charge is 0.454 e. The topological polar surface area (TPSA) is 76.8 Å². The van der Waals surface area contributed by atoms with E-state index in [0.29, 0.717) is 30.5 Å². The second-order valence-electron chi connectivity index (χ2n) is 4.62. The van der Waals surface area contributed by atoms with E-state index in [4.69, 9.17) is 13.9 Å². The molecule has 1 unspecified atom stereocenters. The summed E-state index contributed by atoms with van der Waals surface area (Å²) in [6.45, 7) is 2.96. The van der Waals surface area contributed by atoms with Crippen molar-refractivity contribution in [1.82, 2.24) is 10.3 Å². The number of fused-ring (bicyclic) bond motifs is 1. The van der Waals surface area contributed by atoms with Gasteiger partial charge >= 0.3 is 0 Å². The third-order valence-corrected chi connectivity index (χ3v) is 3.06. The lowest BCUT2D eigenvalue weighted by Crippen LogP contribution is -2.21. The quantitative estimate of drug-likeness (QED) is 0.862. The first-order chi connectivity index (χ1) is 9.72. The van der Waals surface area contributed by atoms with Crippen LogP contribution in [-0.4, -0.2) is 23.4 Å². The molecule has 0 aliphatic carbocycles. The highest BCUT2D eigenvalue weighted by atomic mass is 16.7. The van der Waals surface area contributed by atoms with Crippen LogP contribution in [0, 0.1) is 6.92 Å². The number of ether oxygens (including phenoxy) is 2. The molecule has 3 rings (SSSR count). The van der Waals surface area contributed by atoms with Gasteiger partial charge in [-0.05, 0) is 24.6 Å². The van der Waals surface area contributed by atoms with E-state index in [-0.39, 0.29) is 6.79 Å². The molecule has 1 aromatic carbocycles. The van der Waals surface area contributed by atoms with Crippen molar-refractivity contribution >= 4 is 0 Å². The molecule has 2 heterocycles. The lowest BCUT2D eigenvalue weighted by Gasteiger charge is -2.12. The first-order valence-corrected chi connectivity index (χ1v) is 6.42. The van der Waals surface area contributed by atoms with Crippen LogP contribution < -0.4 is 14.8 Å². The molecule has 6 nitrogen and oxygen atoms in total. The number of benzene rings is 1. The van der Waals surface area contributed by atoms with Gasteiger partial charge in [0, 0.05) is 6.54 Å². The molecule has 1 atom stereocenters. The Balaban J connectivity index is 1.55. The predicted octanol–water partition coefficient (Wildman–Crippen LogP) is 1.53. The number of hydrogen-bond donors (Lipinski definition) is 2. The fourth-order valence-electron chi connectivity index (χ4n) is 2.04. The van der Waals surface area contributed by atoms with Gasteiger partial charge in [-0.15, -0.1) is 0 Å². The van der Waals surface area contributed by atoms with Crippen LogP contribution in [0.3, 0.4) is 0 Å². The second-order valence-corrected chi connectivity index (χ2v) is 4.62. The smallest absolute Gasteiger partial charge is 0.231 e. The van der Waals surface area contributed by atoms with Gasteiger partial charge in [-0.3, -0.25) is 0 Å². The molecule has 1 aliphatic rings. The lowest BCUT2D eigenvalue weighted by molar-refractivity contribution is 0.169. The van der Waals surface area contributed by atoms with Crippen molar-refractivity contribution in [1.29, 1.82) is 0 Å². The summed E-state index contributed by atoms with van der Waals surface area (Å²) in [7, 11) is 0. The fraction of sp³-hybridized carbons (Fsp3) is 0.357. The number of aromatic nitrogens is 1. The molecule has 1 aromatic heterocycles. The number of nitrogens with zero attached hydrogens (tertiary/aromatic N) is 1. The van der Waals surface area contributed by atoms with Gasteiger partial charge in [-0.25, -0.2) is 4.98 Å². The van der Waals surface area contributed by atoms with E-state index in [1.54, 1.807) is 18.3 Å². The molecule has 0 saturated carbocycles. The lowest BCUT2D eigenvalue weighted by atomic mass is 10.1. The fourth-order valence-corrected chi connectivity index (χ4v) is 2.04. The van der Waals surface area contributed by atoms with E-state index in [9.17, 15) is 5.11 Å². The normalized spacial score (nSPS) is 14.5. The van der Waals surface area contributed by atoms with Crippen molar-refractivity contribution in [3.63, 3.8) is 0 Å². The maximum absolute atomic E-state index is 10.1. The zero-order valence-corrected chi connectivity index (χ0v) is 11.1. The second kappa shape index (κ2) is 5.52. The molecule has 1 aliphatic heterocycles. The first-order valence-electron chi connectivity index (χ1n) is 6.42. The van der Waals surface area contributed by atoms with E-state index >= 15 is 0 Å². The van der Waals surface area contributed by atoms with Crippen LogP contribution in [0.5, 0.6) is 11.5 Å². The van der Waals surface area contributed by atoms with Crippen molar-refractivity contribution in [2.45, 2.75) is 19.6 Å². The highest BCUT2D eigenvalue weighted by Crippen LogP contribution is 2.34. The minimum Gasteiger partial charge on any atom is -0.454 e. The summed E-state index contributed by atoms with van der Waals surface area (Å²) in [6, 6.07) is 5.43. The maximum Gasteiger partial charge on any atom is 0.231 e. The van der Waals surface area contributed by atoms with Crippen LogP contribution in [0.25, 0.3) is 0 Å². The SMILES string of the molecule is Cc1cnc(CNCC(O)c2ccc3c(c2)OCO3)o1. The molecule has 106 valence electrons. The van der Waals surface area contributed by atoms with Gasteiger partial charge in [0.2, 0.25) is 12.7 Å². The minimum absolute atomic E-state index is 0.233. The minimum atomic E-state index is -0.624. The summed E-state index contributed by atoms with van der Waals surface area (Å²) in [5, 5.41) is 13.2. The predicted molar refractivity (Wildman–Crippen MR) is 70.5 cm³/mol. The number of hydrogen-bond acceptors (Lipinski definition) is 6. The zero-order chi connectivity index (χ0) is 13.9. The van der Waals surface area contributed by atoms with Gasteiger partial charge in [0.1, 0.15) is 5.76 Å². The molecule has 6 heteroatoms. The molecular formula is C14H16N2O4. The van der Waals surface area contributed by atoms with E-state index in [1.165, 1.54) is 0 Å². The molecule has 0 amide bonds. The Kier molecular flexibility index (Phi) is 3.58. The van der Waals surface area contributed by atoms with Crippen molar-refractivity contribution < 1.29 is 19.0 Å². The molecule has 0 saturated heterocycles. The van der Waals surface area contributed by atoms with Gasteiger partial charge in [0.25, 0.3) is 0 Å². The summed E-state index contributed by atoms with van der Waals surface area (Å²) < 4.78 is 15.9. The van der Waals surface area contributed by atoms with Crippen molar-refractivity contribution in [3.05, 3.63) is 41.6 Å². The van der Waals surface area contributed by atoms with Gasteiger partial charge in [0.05, 0.1) is 18.8 Å². The molecule has 20 heavy (non-hydrogen) atoms. The van der Waals surface area contributed by atoms with Crippen molar-refractivity contribution in [3.8, 4) is 11.5 Å². The highest BCUT2D eigenvalue weighted by molar-refractivity contribution is 5.45. The standard InChI is InChI=1S/C14H16N2O4/c1-9-5-16-14(20-9)7-15-6-11(17)10-2-3-12-13(4-10)19-8-18-12/h2-5,11,15,17H,6-8H2,1H3. The number of aliphatic hydroxyl groups excluding tert-OH is 1. The van der Waals surface area contributed by atoms with E-state index in [0.717, 1.165) is 11.3 Å². The third-order valence-electron chi connectivity index (χ3n) is 3.06. The van der Waals surface area contributed by atoms with Crippen LogP contribution in [0.4, 0.5) is 0 Å². The molecule has 2 aromatic rings. The number of rotatable bonds is 5. The van der Waals surface area contributed by atoms with Crippen LogP contribution in [-0.2, 0) is 6.54 Å². The van der Waals surface area contributed by atoms with Crippen molar-refractivity contribution in [2.75, 3.05) is 13.3 Å². The average molecular weight is 276 g/mol.